The van der Waals surface area contributed by atoms with Crippen LogP contribution in [0.25, 0.3) is 0 Å². The fraction of sp³-hybridized carbons (Fsp3) is 0.619. The highest BCUT2D eigenvalue weighted by atomic mass is 16.2. The van der Waals surface area contributed by atoms with Gasteiger partial charge in [-0.25, -0.2) is 0 Å². The van der Waals surface area contributed by atoms with E-state index in [1.165, 1.54) is 11.1 Å². The summed E-state index contributed by atoms with van der Waals surface area (Å²) in [7, 11) is 0. The van der Waals surface area contributed by atoms with Gasteiger partial charge in [0.2, 0.25) is 11.8 Å². The van der Waals surface area contributed by atoms with Crippen LogP contribution in [0.5, 0.6) is 0 Å². The van der Waals surface area contributed by atoms with Crippen LogP contribution in [0.4, 0.5) is 0 Å². The molecule has 1 saturated carbocycles. The lowest BCUT2D eigenvalue weighted by Crippen LogP contribution is -2.42. The van der Waals surface area contributed by atoms with Crippen molar-refractivity contribution in [3.63, 3.8) is 0 Å². The van der Waals surface area contributed by atoms with Crippen LogP contribution in [0.15, 0.2) is 24.3 Å². The molecule has 1 aliphatic carbocycles. The molecule has 0 bridgehead atoms. The number of benzene rings is 1. The van der Waals surface area contributed by atoms with Gasteiger partial charge in [0.1, 0.15) is 0 Å². The van der Waals surface area contributed by atoms with Crippen molar-refractivity contribution in [1.82, 2.24) is 10.2 Å². The molecule has 1 saturated heterocycles. The molecule has 1 unspecified atom stereocenters. The van der Waals surface area contributed by atoms with Crippen LogP contribution in [0.2, 0.25) is 0 Å². The lowest BCUT2D eigenvalue weighted by atomic mass is 9.83. The number of nitrogens with zero attached hydrogens (tertiary/aromatic N) is 1. The average molecular weight is 342 g/mol. The van der Waals surface area contributed by atoms with E-state index in [4.69, 9.17) is 0 Å². The van der Waals surface area contributed by atoms with E-state index >= 15 is 0 Å². The molecule has 1 heterocycles. The van der Waals surface area contributed by atoms with E-state index < -0.39 is 0 Å². The first kappa shape index (κ1) is 18.0. The minimum Gasteiger partial charge on any atom is -0.355 e. The van der Waals surface area contributed by atoms with E-state index in [0.717, 1.165) is 12.8 Å². The predicted octanol–water partition coefficient (Wildman–Crippen LogP) is 3.25. The molecule has 0 spiro atoms. The van der Waals surface area contributed by atoms with Crippen LogP contribution in [-0.4, -0.2) is 35.3 Å². The van der Waals surface area contributed by atoms with Gasteiger partial charge in [0.05, 0.1) is 0 Å². The summed E-state index contributed by atoms with van der Waals surface area (Å²) in [5.41, 5.74) is 2.32. The van der Waals surface area contributed by atoms with E-state index in [1.54, 1.807) is 6.92 Å². The summed E-state index contributed by atoms with van der Waals surface area (Å²) in [4.78, 5) is 26.4. The van der Waals surface area contributed by atoms with Gasteiger partial charge in [-0.3, -0.25) is 9.59 Å². The topological polar surface area (TPSA) is 49.4 Å². The Bertz CT molecular complexity index is 697. The molecule has 2 fully saturated rings. The molecule has 0 aromatic heterocycles. The highest BCUT2D eigenvalue weighted by Crippen LogP contribution is 2.48. The first-order valence-corrected chi connectivity index (χ1v) is 9.24. The Kier molecular flexibility index (Phi) is 4.42. The zero-order chi connectivity index (χ0) is 18.4. The SMILES string of the molecule is CC(=O)N1CC(C)(CNC(=O)[C@@H]2C[C@H]2c2cccc(C)c2)CC1(C)C. The lowest BCUT2D eigenvalue weighted by Gasteiger charge is -2.30. The zero-order valence-corrected chi connectivity index (χ0v) is 16.1. The minimum absolute atomic E-state index is 0.0570. The van der Waals surface area contributed by atoms with Gasteiger partial charge in [0.25, 0.3) is 0 Å². The molecular formula is C21H30N2O2. The van der Waals surface area contributed by atoms with E-state index in [2.05, 4.69) is 57.3 Å². The van der Waals surface area contributed by atoms with Crippen molar-refractivity contribution in [3.05, 3.63) is 35.4 Å². The van der Waals surface area contributed by atoms with Crippen LogP contribution in [0.3, 0.4) is 0 Å². The van der Waals surface area contributed by atoms with Crippen molar-refractivity contribution in [2.24, 2.45) is 11.3 Å². The first-order chi connectivity index (χ1) is 11.6. The van der Waals surface area contributed by atoms with Crippen molar-refractivity contribution in [2.75, 3.05) is 13.1 Å². The summed E-state index contributed by atoms with van der Waals surface area (Å²) in [5.74, 6) is 0.735. The summed E-state index contributed by atoms with van der Waals surface area (Å²) in [5, 5.41) is 3.16. The van der Waals surface area contributed by atoms with Gasteiger partial charge in [0, 0.05) is 36.9 Å². The van der Waals surface area contributed by atoms with Gasteiger partial charge in [-0.15, -0.1) is 0 Å². The molecule has 1 aromatic rings. The summed E-state index contributed by atoms with van der Waals surface area (Å²) in [6, 6.07) is 8.46. The number of carbonyl (C=O) groups is 2. The number of nitrogens with one attached hydrogen (secondary N) is 1. The summed E-state index contributed by atoms with van der Waals surface area (Å²) in [6.45, 7) is 11.4. The summed E-state index contributed by atoms with van der Waals surface area (Å²) < 4.78 is 0. The third-order valence-electron chi connectivity index (χ3n) is 5.80. The van der Waals surface area contributed by atoms with E-state index in [9.17, 15) is 9.59 Å². The number of rotatable bonds is 4. The highest BCUT2D eigenvalue weighted by molar-refractivity contribution is 5.83. The van der Waals surface area contributed by atoms with Gasteiger partial charge in [-0.05, 0) is 45.1 Å². The van der Waals surface area contributed by atoms with Crippen molar-refractivity contribution < 1.29 is 9.59 Å². The molecule has 2 amide bonds. The Hall–Kier alpha value is -1.84. The molecule has 3 atom stereocenters. The number of likely N-dealkylation sites (tertiary alicyclic amines) is 1. The van der Waals surface area contributed by atoms with Crippen molar-refractivity contribution >= 4 is 11.8 Å². The number of hydrogen-bond donors (Lipinski definition) is 1. The monoisotopic (exact) mass is 342 g/mol. The van der Waals surface area contributed by atoms with Gasteiger partial charge in [-0.1, -0.05) is 36.8 Å². The second kappa shape index (κ2) is 6.15. The third-order valence-corrected chi connectivity index (χ3v) is 5.80. The fourth-order valence-corrected chi connectivity index (χ4v) is 4.63. The van der Waals surface area contributed by atoms with Gasteiger partial charge in [-0.2, -0.15) is 0 Å². The molecular weight excluding hydrogens is 312 g/mol. The Morgan fingerprint density at radius 2 is 2.00 bits per heavy atom. The molecule has 1 aliphatic heterocycles. The molecule has 1 aromatic carbocycles. The van der Waals surface area contributed by atoms with Crippen molar-refractivity contribution in [1.29, 1.82) is 0 Å². The molecule has 4 heteroatoms. The molecule has 2 aliphatic rings. The molecule has 136 valence electrons. The maximum Gasteiger partial charge on any atom is 0.223 e. The molecule has 0 radical (unpaired) electrons. The van der Waals surface area contributed by atoms with Crippen molar-refractivity contribution in [2.45, 2.75) is 58.9 Å². The van der Waals surface area contributed by atoms with E-state index in [1.807, 2.05) is 4.90 Å². The number of aryl methyl sites for hydroxylation is 1. The number of hydrogen-bond acceptors (Lipinski definition) is 2. The maximum atomic E-state index is 12.6. The smallest absolute Gasteiger partial charge is 0.223 e. The van der Waals surface area contributed by atoms with Gasteiger partial charge in [0.15, 0.2) is 0 Å². The first-order valence-electron chi connectivity index (χ1n) is 9.24. The Morgan fingerprint density at radius 1 is 1.28 bits per heavy atom. The van der Waals surface area contributed by atoms with Crippen molar-refractivity contribution in [3.8, 4) is 0 Å². The third kappa shape index (κ3) is 3.73. The van der Waals surface area contributed by atoms with E-state index in [-0.39, 0.29) is 28.7 Å². The second-order valence-corrected chi connectivity index (χ2v) is 8.99. The molecule has 25 heavy (non-hydrogen) atoms. The number of amides is 2. The average Bonchev–Trinajstić information content (AvgIpc) is 3.26. The van der Waals surface area contributed by atoms with Crippen LogP contribution in [0.1, 0.15) is 57.6 Å². The Balaban J connectivity index is 1.56. The largest absolute Gasteiger partial charge is 0.355 e. The quantitative estimate of drug-likeness (QED) is 0.913. The summed E-state index contributed by atoms with van der Waals surface area (Å²) >= 11 is 0. The molecule has 4 nitrogen and oxygen atoms in total. The molecule has 1 N–H and O–H groups in total. The normalized spacial score (nSPS) is 30.2. The van der Waals surface area contributed by atoms with Crippen LogP contribution < -0.4 is 5.32 Å². The van der Waals surface area contributed by atoms with Crippen LogP contribution in [-0.2, 0) is 9.59 Å². The predicted molar refractivity (Wildman–Crippen MR) is 99.2 cm³/mol. The van der Waals surface area contributed by atoms with Crippen LogP contribution in [0, 0.1) is 18.3 Å². The summed E-state index contributed by atoms with van der Waals surface area (Å²) in [6.07, 6.45) is 1.85. The van der Waals surface area contributed by atoms with Crippen LogP contribution >= 0.6 is 0 Å². The standard InChI is InChI=1S/C21H30N2O2/c1-14-7-6-8-16(9-14)17-10-18(17)19(25)22-12-21(5)11-20(3,4)23(13-21)15(2)24/h6-9,17-18H,10-13H2,1-5H3,(H,22,25)/t17-,18+,21?/m0/s1. The fourth-order valence-electron chi connectivity index (χ4n) is 4.63. The Morgan fingerprint density at radius 3 is 2.60 bits per heavy atom. The van der Waals surface area contributed by atoms with Gasteiger partial charge >= 0.3 is 0 Å². The second-order valence-electron chi connectivity index (χ2n) is 8.99. The maximum absolute atomic E-state index is 12.6. The zero-order valence-electron chi connectivity index (χ0n) is 16.1. The number of carbonyl (C=O) groups excluding carboxylic acids is 2. The van der Waals surface area contributed by atoms with Gasteiger partial charge < -0.3 is 10.2 Å². The minimum atomic E-state index is -0.144. The molecule has 3 rings (SSSR count). The Labute approximate surface area is 151 Å². The van der Waals surface area contributed by atoms with E-state index in [0.29, 0.717) is 19.0 Å². The highest BCUT2D eigenvalue weighted by Gasteiger charge is 2.48. The lowest BCUT2D eigenvalue weighted by molar-refractivity contribution is -0.132.